The lowest BCUT2D eigenvalue weighted by atomic mass is 9.72. The Kier molecular flexibility index (Phi) is 4.11. The fourth-order valence-electron chi connectivity index (χ4n) is 2.84. The summed E-state index contributed by atoms with van der Waals surface area (Å²) in [6, 6.07) is 0. The number of rotatable bonds is 3. The fourth-order valence-corrected chi connectivity index (χ4v) is 2.84. The minimum absolute atomic E-state index is 0.918. The summed E-state index contributed by atoms with van der Waals surface area (Å²) in [6.07, 6.45) is 8.85. The molecule has 0 aromatic carbocycles. The fraction of sp³-hybridized carbons (Fsp3) is 1.00. The van der Waals surface area contributed by atoms with E-state index in [2.05, 4.69) is 20.8 Å². The molecule has 0 aliphatic heterocycles. The van der Waals surface area contributed by atoms with Gasteiger partial charge >= 0.3 is 0 Å². The Morgan fingerprint density at radius 2 is 1.83 bits per heavy atom. The van der Waals surface area contributed by atoms with Crippen molar-refractivity contribution in [3.63, 3.8) is 0 Å². The van der Waals surface area contributed by atoms with E-state index in [1.165, 1.54) is 38.5 Å². The van der Waals surface area contributed by atoms with Crippen LogP contribution in [0.3, 0.4) is 0 Å². The van der Waals surface area contributed by atoms with E-state index in [0.717, 1.165) is 17.8 Å². The molecule has 0 aromatic rings. The zero-order chi connectivity index (χ0) is 8.97. The van der Waals surface area contributed by atoms with Crippen LogP contribution in [-0.4, -0.2) is 0 Å². The molecule has 2 unspecified atom stereocenters. The first-order valence-electron chi connectivity index (χ1n) is 5.75. The van der Waals surface area contributed by atoms with Crippen LogP contribution in [0.5, 0.6) is 0 Å². The van der Waals surface area contributed by atoms with Gasteiger partial charge in [0.2, 0.25) is 0 Å². The van der Waals surface area contributed by atoms with Crippen LogP contribution in [-0.2, 0) is 0 Å². The summed E-state index contributed by atoms with van der Waals surface area (Å²) in [5.74, 6) is 3.02. The Morgan fingerprint density at radius 3 is 2.42 bits per heavy atom. The topological polar surface area (TPSA) is 0 Å². The molecule has 2 atom stereocenters. The van der Waals surface area contributed by atoms with E-state index in [1.807, 2.05) is 0 Å². The maximum atomic E-state index is 2.40. The summed E-state index contributed by atoms with van der Waals surface area (Å²) in [5.41, 5.74) is 0. The minimum Gasteiger partial charge on any atom is -0.0654 e. The van der Waals surface area contributed by atoms with Crippen LogP contribution in [0.4, 0.5) is 0 Å². The van der Waals surface area contributed by atoms with Gasteiger partial charge in [0, 0.05) is 0 Å². The second-order valence-corrected chi connectivity index (χ2v) is 4.74. The quantitative estimate of drug-likeness (QED) is 0.591. The van der Waals surface area contributed by atoms with Gasteiger partial charge in [-0.2, -0.15) is 0 Å². The Morgan fingerprint density at radius 1 is 1.17 bits per heavy atom. The van der Waals surface area contributed by atoms with E-state index in [9.17, 15) is 0 Å². The van der Waals surface area contributed by atoms with Crippen molar-refractivity contribution in [2.75, 3.05) is 0 Å². The third kappa shape index (κ3) is 2.50. The van der Waals surface area contributed by atoms with Crippen molar-refractivity contribution in [1.82, 2.24) is 0 Å². The molecule has 0 aromatic heterocycles. The Hall–Kier alpha value is 0. The zero-order valence-corrected chi connectivity index (χ0v) is 8.97. The van der Waals surface area contributed by atoms with Crippen molar-refractivity contribution in [2.24, 2.45) is 17.8 Å². The zero-order valence-electron chi connectivity index (χ0n) is 8.97. The molecule has 1 saturated carbocycles. The highest BCUT2D eigenvalue weighted by Crippen LogP contribution is 2.37. The maximum Gasteiger partial charge on any atom is -0.0363 e. The van der Waals surface area contributed by atoms with Crippen LogP contribution >= 0.6 is 0 Å². The van der Waals surface area contributed by atoms with Gasteiger partial charge < -0.3 is 0 Å². The molecule has 72 valence electrons. The normalized spacial score (nSPS) is 31.0. The summed E-state index contributed by atoms with van der Waals surface area (Å²) >= 11 is 0. The molecule has 0 spiro atoms. The smallest absolute Gasteiger partial charge is 0.0363 e. The predicted molar refractivity (Wildman–Crippen MR) is 55.2 cm³/mol. The van der Waals surface area contributed by atoms with Crippen LogP contribution in [0.25, 0.3) is 0 Å². The van der Waals surface area contributed by atoms with Crippen molar-refractivity contribution in [3.05, 3.63) is 0 Å². The van der Waals surface area contributed by atoms with Crippen LogP contribution in [0.2, 0.25) is 0 Å². The highest BCUT2D eigenvalue weighted by Gasteiger charge is 2.26. The molecule has 1 rings (SSSR count). The molecule has 0 heterocycles. The highest BCUT2D eigenvalue weighted by molar-refractivity contribution is 4.77. The van der Waals surface area contributed by atoms with Gasteiger partial charge in [-0.15, -0.1) is 0 Å². The first-order valence-corrected chi connectivity index (χ1v) is 5.75. The highest BCUT2D eigenvalue weighted by atomic mass is 14.3. The third-order valence-electron chi connectivity index (χ3n) is 3.48. The van der Waals surface area contributed by atoms with Crippen molar-refractivity contribution in [3.8, 4) is 0 Å². The van der Waals surface area contributed by atoms with Crippen molar-refractivity contribution >= 4 is 0 Å². The molecular formula is C12H24. The third-order valence-corrected chi connectivity index (χ3v) is 3.48. The molecule has 0 amide bonds. The van der Waals surface area contributed by atoms with E-state index in [4.69, 9.17) is 0 Å². The van der Waals surface area contributed by atoms with Crippen LogP contribution in [0.15, 0.2) is 0 Å². The molecule has 0 bridgehead atoms. The van der Waals surface area contributed by atoms with Gasteiger partial charge in [0.05, 0.1) is 0 Å². The molecule has 12 heavy (non-hydrogen) atoms. The van der Waals surface area contributed by atoms with Crippen LogP contribution in [0.1, 0.15) is 59.3 Å². The van der Waals surface area contributed by atoms with E-state index < -0.39 is 0 Å². The Bertz CT molecular complexity index is 113. The number of hydrogen-bond donors (Lipinski definition) is 0. The van der Waals surface area contributed by atoms with E-state index in [-0.39, 0.29) is 0 Å². The lowest BCUT2D eigenvalue weighted by Crippen LogP contribution is -2.23. The second-order valence-electron chi connectivity index (χ2n) is 4.74. The molecule has 0 heteroatoms. The molecule has 1 fully saturated rings. The summed E-state index contributed by atoms with van der Waals surface area (Å²) in [5, 5.41) is 0. The SMILES string of the molecule is CCCC1CCCCC1C(C)C. The maximum absolute atomic E-state index is 2.40. The molecule has 0 nitrogen and oxygen atoms in total. The van der Waals surface area contributed by atoms with E-state index >= 15 is 0 Å². The molecular weight excluding hydrogens is 144 g/mol. The summed E-state index contributed by atoms with van der Waals surface area (Å²) in [6.45, 7) is 7.13. The minimum atomic E-state index is 0.918. The lowest BCUT2D eigenvalue weighted by Gasteiger charge is -2.34. The largest absolute Gasteiger partial charge is 0.0654 e. The average Bonchev–Trinajstić information content (AvgIpc) is 2.05. The van der Waals surface area contributed by atoms with Crippen molar-refractivity contribution in [1.29, 1.82) is 0 Å². The van der Waals surface area contributed by atoms with E-state index in [0.29, 0.717) is 0 Å². The number of hydrogen-bond acceptors (Lipinski definition) is 0. The van der Waals surface area contributed by atoms with Gasteiger partial charge in [-0.3, -0.25) is 0 Å². The first kappa shape index (κ1) is 10.1. The lowest BCUT2D eigenvalue weighted by molar-refractivity contribution is 0.170. The Balaban J connectivity index is 2.42. The monoisotopic (exact) mass is 168 g/mol. The van der Waals surface area contributed by atoms with E-state index in [1.54, 1.807) is 0 Å². The van der Waals surface area contributed by atoms with Crippen LogP contribution < -0.4 is 0 Å². The van der Waals surface area contributed by atoms with Gasteiger partial charge in [-0.1, -0.05) is 52.9 Å². The molecule has 1 aliphatic rings. The van der Waals surface area contributed by atoms with Gasteiger partial charge in [0.15, 0.2) is 0 Å². The van der Waals surface area contributed by atoms with Gasteiger partial charge in [-0.25, -0.2) is 0 Å². The van der Waals surface area contributed by atoms with Gasteiger partial charge in [0.25, 0.3) is 0 Å². The Labute approximate surface area is 77.7 Å². The summed E-state index contributed by atoms with van der Waals surface area (Å²) < 4.78 is 0. The predicted octanol–water partition coefficient (Wildman–Crippen LogP) is 4.25. The molecule has 0 N–H and O–H groups in total. The first-order chi connectivity index (χ1) is 5.75. The van der Waals surface area contributed by atoms with Crippen molar-refractivity contribution < 1.29 is 0 Å². The summed E-state index contributed by atoms with van der Waals surface area (Å²) in [7, 11) is 0. The molecule has 0 radical (unpaired) electrons. The van der Waals surface area contributed by atoms with Gasteiger partial charge in [-0.05, 0) is 24.2 Å². The standard InChI is InChI=1S/C12H24/c1-4-7-11-8-5-6-9-12(11)10(2)3/h10-12H,4-9H2,1-3H3. The molecule has 0 saturated heterocycles. The second kappa shape index (κ2) is 4.89. The van der Waals surface area contributed by atoms with Gasteiger partial charge in [0.1, 0.15) is 0 Å². The molecule has 1 aliphatic carbocycles. The van der Waals surface area contributed by atoms with Crippen molar-refractivity contribution in [2.45, 2.75) is 59.3 Å². The average molecular weight is 168 g/mol. The van der Waals surface area contributed by atoms with Crippen LogP contribution in [0, 0.1) is 17.8 Å². The summed E-state index contributed by atoms with van der Waals surface area (Å²) in [4.78, 5) is 0.